The summed E-state index contributed by atoms with van der Waals surface area (Å²) in [6.45, 7) is 0. The molecule has 0 saturated carbocycles. The Bertz CT molecular complexity index is 593. The van der Waals surface area contributed by atoms with Crippen molar-refractivity contribution in [3.63, 3.8) is 0 Å². The zero-order valence-electron chi connectivity index (χ0n) is 10.2. The van der Waals surface area contributed by atoms with Gasteiger partial charge in [0.2, 0.25) is 0 Å². The molecule has 0 bridgehead atoms. The highest BCUT2D eigenvalue weighted by Gasteiger charge is 2.21. The van der Waals surface area contributed by atoms with E-state index in [1.807, 2.05) is 23.6 Å². The van der Waals surface area contributed by atoms with Gasteiger partial charge in [-0.25, -0.2) is 0 Å². The van der Waals surface area contributed by atoms with Crippen molar-refractivity contribution in [1.82, 2.24) is 0 Å². The molecule has 3 N–H and O–H groups in total. The minimum absolute atomic E-state index is 0. The van der Waals surface area contributed by atoms with Crippen LogP contribution in [-0.2, 0) is 0 Å². The van der Waals surface area contributed by atoms with E-state index in [9.17, 15) is 5.11 Å². The Labute approximate surface area is 121 Å². The van der Waals surface area contributed by atoms with Crippen molar-refractivity contribution in [2.24, 2.45) is 5.73 Å². The molecule has 2 rings (SSSR count). The molecule has 2 aromatic rings. The number of ether oxygens (including phenoxy) is 1. The summed E-state index contributed by atoms with van der Waals surface area (Å²) >= 11 is 1.48. The number of phenolic OH excluding ortho intramolecular Hbond substituents is 1. The Hall–Kier alpha value is -1.74. The molecule has 0 unspecified atom stereocenters. The number of nitriles is 1. The van der Waals surface area contributed by atoms with Gasteiger partial charge in [-0.3, -0.25) is 0 Å². The maximum absolute atomic E-state index is 10.1. The van der Waals surface area contributed by atoms with E-state index in [1.54, 1.807) is 12.1 Å². The summed E-state index contributed by atoms with van der Waals surface area (Å²) < 4.78 is 5.04. The third-order valence-corrected chi connectivity index (χ3v) is 3.64. The van der Waals surface area contributed by atoms with E-state index in [2.05, 4.69) is 0 Å². The Morgan fingerprint density at radius 3 is 2.68 bits per heavy atom. The van der Waals surface area contributed by atoms with Crippen molar-refractivity contribution in [1.29, 1.82) is 5.26 Å². The van der Waals surface area contributed by atoms with Gasteiger partial charge in [-0.1, -0.05) is 6.07 Å². The number of methoxy groups -OCH3 is 1. The van der Waals surface area contributed by atoms with E-state index in [-0.39, 0.29) is 18.2 Å². The summed E-state index contributed by atoms with van der Waals surface area (Å²) in [5, 5.41) is 21.1. The molecule has 1 heterocycles. The summed E-state index contributed by atoms with van der Waals surface area (Å²) in [5.74, 6) is 0.244. The van der Waals surface area contributed by atoms with Crippen LogP contribution in [0.2, 0.25) is 0 Å². The highest BCUT2D eigenvalue weighted by molar-refractivity contribution is 7.10. The fourth-order valence-corrected chi connectivity index (χ4v) is 2.51. The number of hydrogen-bond donors (Lipinski definition) is 2. The molecule has 100 valence electrons. The molecule has 4 nitrogen and oxygen atoms in total. The minimum atomic E-state index is -0.533. The summed E-state index contributed by atoms with van der Waals surface area (Å²) in [6.07, 6.45) is 0. The largest absolute Gasteiger partial charge is 0.504 e. The number of hydrogen-bond acceptors (Lipinski definition) is 5. The van der Waals surface area contributed by atoms with Crippen LogP contribution in [0.25, 0.3) is 0 Å². The first-order valence-electron chi connectivity index (χ1n) is 5.28. The molecule has 19 heavy (non-hydrogen) atoms. The van der Waals surface area contributed by atoms with Crippen LogP contribution in [-0.4, -0.2) is 12.2 Å². The first-order chi connectivity index (χ1) is 8.69. The van der Waals surface area contributed by atoms with Gasteiger partial charge in [0.15, 0.2) is 11.5 Å². The zero-order valence-corrected chi connectivity index (χ0v) is 11.8. The number of benzene rings is 1. The molecular weight excluding hydrogens is 284 g/mol. The Morgan fingerprint density at radius 2 is 2.16 bits per heavy atom. The van der Waals surface area contributed by atoms with E-state index in [4.69, 9.17) is 15.7 Å². The van der Waals surface area contributed by atoms with E-state index < -0.39 is 6.04 Å². The number of phenols is 1. The van der Waals surface area contributed by atoms with E-state index in [0.29, 0.717) is 16.9 Å². The second-order valence-corrected chi connectivity index (χ2v) is 4.66. The smallest absolute Gasteiger partial charge is 0.164 e. The highest BCUT2D eigenvalue weighted by atomic mass is 35.5. The molecule has 6 heteroatoms. The van der Waals surface area contributed by atoms with Gasteiger partial charge in [0.1, 0.15) is 0 Å². The van der Waals surface area contributed by atoms with Crippen molar-refractivity contribution in [3.05, 3.63) is 45.6 Å². The summed E-state index contributed by atoms with van der Waals surface area (Å²) in [6, 6.07) is 8.41. The van der Waals surface area contributed by atoms with Gasteiger partial charge in [0.05, 0.1) is 24.8 Å². The topological polar surface area (TPSA) is 79.3 Å². The SMILES string of the molecule is COc1ccc(C#N)c([C@@H](N)c2cccs2)c1O.Cl. The van der Waals surface area contributed by atoms with Crippen molar-refractivity contribution in [2.45, 2.75) is 6.04 Å². The molecule has 0 fully saturated rings. The van der Waals surface area contributed by atoms with Gasteiger partial charge in [-0.05, 0) is 23.6 Å². The maximum atomic E-state index is 10.1. The second-order valence-electron chi connectivity index (χ2n) is 3.68. The molecule has 0 spiro atoms. The summed E-state index contributed by atoms with van der Waals surface area (Å²) in [4.78, 5) is 0.884. The van der Waals surface area contributed by atoms with Crippen LogP contribution >= 0.6 is 23.7 Å². The van der Waals surface area contributed by atoms with Crippen LogP contribution < -0.4 is 10.5 Å². The van der Waals surface area contributed by atoms with Crippen molar-refractivity contribution in [3.8, 4) is 17.6 Å². The number of halogens is 1. The third kappa shape index (κ3) is 2.82. The van der Waals surface area contributed by atoms with Gasteiger partial charge < -0.3 is 15.6 Å². The van der Waals surface area contributed by atoms with Gasteiger partial charge in [-0.15, -0.1) is 23.7 Å². The molecule has 1 aromatic heterocycles. The van der Waals surface area contributed by atoms with Crippen molar-refractivity contribution < 1.29 is 9.84 Å². The number of thiophene rings is 1. The average Bonchev–Trinajstić information content (AvgIpc) is 2.91. The van der Waals surface area contributed by atoms with Gasteiger partial charge in [0, 0.05) is 10.4 Å². The molecule has 0 saturated heterocycles. The average molecular weight is 297 g/mol. The Kier molecular flexibility index (Phi) is 5.19. The van der Waals surface area contributed by atoms with Crippen LogP contribution in [0.3, 0.4) is 0 Å². The molecule has 1 aromatic carbocycles. The quantitative estimate of drug-likeness (QED) is 0.913. The fraction of sp³-hybridized carbons (Fsp3) is 0.154. The normalized spacial score (nSPS) is 11.2. The van der Waals surface area contributed by atoms with Crippen LogP contribution in [0.1, 0.15) is 22.0 Å². The van der Waals surface area contributed by atoms with E-state index in [0.717, 1.165) is 4.88 Å². The van der Waals surface area contributed by atoms with Crippen LogP contribution in [0, 0.1) is 11.3 Å². The second kappa shape index (κ2) is 6.43. The molecule has 0 amide bonds. The van der Waals surface area contributed by atoms with Gasteiger partial charge >= 0.3 is 0 Å². The summed E-state index contributed by atoms with van der Waals surface area (Å²) in [5.41, 5.74) is 6.86. The molecular formula is C13H13ClN2O2S. The van der Waals surface area contributed by atoms with Crippen LogP contribution in [0.15, 0.2) is 29.6 Å². The fourth-order valence-electron chi connectivity index (χ4n) is 1.78. The highest BCUT2D eigenvalue weighted by Crippen LogP contribution is 2.38. The minimum Gasteiger partial charge on any atom is -0.504 e. The lowest BCUT2D eigenvalue weighted by atomic mass is 9.98. The monoisotopic (exact) mass is 296 g/mol. The number of rotatable bonds is 3. The summed E-state index contributed by atoms with van der Waals surface area (Å²) in [7, 11) is 1.46. The third-order valence-electron chi connectivity index (χ3n) is 2.68. The zero-order chi connectivity index (χ0) is 13.1. The van der Waals surface area contributed by atoms with Gasteiger partial charge in [0.25, 0.3) is 0 Å². The van der Waals surface area contributed by atoms with E-state index in [1.165, 1.54) is 18.4 Å². The number of nitrogens with zero attached hydrogens (tertiary/aromatic N) is 1. The lowest BCUT2D eigenvalue weighted by Crippen LogP contribution is -2.12. The predicted molar refractivity (Wildman–Crippen MR) is 77.0 cm³/mol. The lowest BCUT2D eigenvalue weighted by Gasteiger charge is -2.15. The Morgan fingerprint density at radius 1 is 1.42 bits per heavy atom. The van der Waals surface area contributed by atoms with E-state index >= 15 is 0 Å². The van der Waals surface area contributed by atoms with Crippen molar-refractivity contribution in [2.75, 3.05) is 7.11 Å². The lowest BCUT2D eigenvalue weighted by molar-refractivity contribution is 0.369. The molecule has 0 aliphatic carbocycles. The number of aromatic hydroxyl groups is 1. The predicted octanol–water partition coefficient (Wildman–Crippen LogP) is 2.80. The van der Waals surface area contributed by atoms with Gasteiger partial charge in [-0.2, -0.15) is 5.26 Å². The molecule has 1 atom stereocenters. The number of nitrogens with two attached hydrogens (primary N) is 1. The maximum Gasteiger partial charge on any atom is 0.164 e. The standard InChI is InChI=1S/C13H12N2O2S.ClH/c1-17-9-5-4-8(7-14)11(13(9)16)12(15)10-3-2-6-18-10;/h2-6,12,16H,15H2,1H3;1H/t12-;/m0./s1. The molecule has 0 aliphatic rings. The van der Waals surface area contributed by atoms with Crippen LogP contribution in [0.4, 0.5) is 0 Å². The Balaban J connectivity index is 0.00000180. The molecule has 0 radical (unpaired) electrons. The first kappa shape index (κ1) is 15.3. The van der Waals surface area contributed by atoms with Crippen LogP contribution in [0.5, 0.6) is 11.5 Å². The van der Waals surface area contributed by atoms with Crippen molar-refractivity contribution >= 4 is 23.7 Å². The first-order valence-corrected chi connectivity index (χ1v) is 6.16. The molecule has 0 aliphatic heterocycles.